The van der Waals surface area contributed by atoms with Crippen molar-refractivity contribution < 1.29 is 32.5 Å². The van der Waals surface area contributed by atoms with Crippen molar-refractivity contribution in [1.29, 1.82) is 0 Å². The van der Waals surface area contributed by atoms with Gasteiger partial charge in [-0.05, 0) is 12.8 Å². The Bertz CT molecular complexity index is 373. The van der Waals surface area contributed by atoms with Crippen molar-refractivity contribution >= 4 is 5.78 Å². The lowest BCUT2D eigenvalue weighted by Crippen LogP contribution is -2.35. The summed E-state index contributed by atoms with van der Waals surface area (Å²) in [6.07, 6.45) is -2.77. The van der Waals surface area contributed by atoms with E-state index in [0.29, 0.717) is 38.9 Å². The number of aliphatic hydroxyl groups is 1. The molecule has 1 saturated carbocycles. The van der Waals surface area contributed by atoms with Crippen molar-refractivity contribution in [3.8, 4) is 0 Å². The van der Waals surface area contributed by atoms with Crippen molar-refractivity contribution in [2.75, 3.05) is 13.2 Å². The summed E-state index contributed by atoms with van der Waals surface area (Å²) >= 11 is 0. The Kier molecular flexibility index (Phi) is 3.87. The Morgan fingerprint density at radius 1 is 1.21 bits per heavy atom. The van der Waals surface area contributed by atoms with Crippen LogP contribution in [0, 0.1) is 5.92 Å². The van der Waals surface area contributed by atoms with Gasteiger partial charge in [0.15, 0.2) is 5.79 Å². The lowest BCUT2D eigenvalue weighted by Gasteiger charge is -2.35. The molecule has 0 amide bonds. The molecule has 0 radical (unpaired) electrons. The minimum absolute atomic E-state index is 0.277. The lowest BCUT2D eigenvalue weighted by atomic mass is 9.83. The van der Waals surface area contributed by atoms with E-state index < -0.39 is 29.4 Å². The number of carbonyl (C=O) groups is 1. The zero-order valence-corrected chi connectivity index (χ0v) is 10.2. The fourth-order valence-electron chi connectivity index (χ4n) is 2.47. The maximum absolute atomic E-state index is 12.1. The van der Waals surface area contributed by atoms with Crippen LogP contribution in [0.1, 0.15) is 25.7 Å². The predicted molar refractivity (Wildman–Crippen MR) is 58.4 cm³/mol. The van der Waals surface area contributed by atoms with E-state index in [4.69, 9.17) is 9.47 Å². The average molecular weight is 280 g/mol. The molecule has 0 aromatic carbocycles. The van der Waals surface area contributed by atoms with Crippen LogP contribution < -0.4 is 0 Å². The molecule has 1 heterocycles. The number of hydrogen-bond acceptors (Lipinski definition) is 4. The number of rotatable bonds is 2. The first-order valence-corrected chi connectivity index (χ1v) is 6.12. The molecule has 19 heavy (non-hydrogen) atoms. The molecule has 0 bridgehead atoms. The van der Waals surface area contributed by atoms with Gasteiger partial charge in [0.2, 0.25) is 0 Å². The third kappa shape index (κ3) is 3.27. The average Bonchev–Trinajstić information content (AvgIpc) is 2.77. The summed E-state index contributed by atoms with van der Waals surface area (Å²) in [6, 6.07) is 0. The largest absolute Gasteiger partial charge is 0.512 e. The summed E-state index contributed by atoms with van der Waals surface area (Å²) in [4.78, 5) is 10.8. The highest BCUT2D eigenvalue weighted by atomic mass is 19.4. The first kappa shape index (κ1) is 14.3. The number of alkyl halides is 3. The summed E-state index contributed by atoms with van der Waals surface area (Å²) in [6.45, 7) is 1.03. The van der Waals surface area contributed by atoms with Crippen LogP contribution in [0.4, 0.5) is 13.2 Å². The minimum Gasteiger partial charge on any atom is -0.512 e. The molecule has 0 aromatic rings. The number of halogens is 3. The van der Waals surface area contributed by atoms with Crippen LogP contribution in [0.15, 0.2) is 11.8 Å². The Hall–Kier alpha value is -1.08. The molecule has 1 saturated heterocycles. The third-order valence-electron chi connectivity index (χ3n) is 3.54. The van der Waals surface area contributed by atoms with Gasteiger partial charge in [-0.1, -0.05) is 0 Å². The van der Waals surface area contributed by atoms with Gasteiger partial charge >= 0.3 is 6.18 Å². The minimum atomic E-state index is -4.94. The molecule has 1 aliphatic heterocycles. The molecule has 1 aliphatic carbocycles. The molecule has 108 valence electrons. The number of aliphatic hydroxyl groups excluding tert-OH is 1. The van der Waals surface area contributed by atoms with Crippen molar-refractivity contribution in [1.82, 2.24) is 0 Å². The molecule has 0 atom stereocenters. The maximum atomic E-state index is 12.1. The maximum Gasteiger partial charge on any atom is 0.454 e. The van der Waals surface area contributed by atoms with Gasteiger partial charge in [-0.15, -0.1) is 0 Å². The van der Waals surface area contributed by atoms with Gasteiger partial charge in [0.05, 0.1) is 19.0 Å². The highest BCUT2D eigenvalue weighted by Gasteiger charge is 2.42. The van der Waals surface area contributed by atoms with Crippen molar-refractivity contribution in [3.05, 3.63) is 11.8 Å². The van der Waals surface area contributed by atoms with Gasteiger partial charge in [-0.2, -0.15) is 13.2 Å². The van der Waals surface area contributed by atoms with Gasteiger partial charge < -0.3 is 14.6 Å². The fourth-order valence-corrected chi connectivity index (χ4v) is 2.47. The molecular formula is C12H15F3O4. The Morgan fingerprint density at radius 2 is 1.74 bits per heavy atom. The van der Waals surface area contributed by atoms with E-state index in [9.17, 15) is 23.1 Å². The van der Waals surface area contributed by atoms with E-state index in [1.807, 2.05) is 0 Å². The van der Waals surface area contributed by atoms with Gasteiger partial charge in [-0.25, -0.2) is 0 Å². The second-order valence-electron chi connectivity index (χ2n) is 4.81. The fraction of sp³-hybridized carbons (Fsp3) is 0.750. The molecular weight excluding hydrogens is 265 g/mol. The number of carbonyl (C=O) groups excluding carboxylic acids is 1. The summed E-state index contributed by atoms with van der Waals surface area (Å²) in [5.41, 5.74) is 0. The highest BCUT2D eigenvalue weighted by molar-refractivity contribution is 5.94. The Morgan fingerprint density at radius 3 is 2.21 bits per heavy atom. The van der Waals surface area contributed by atoms with Crippen LogP contribution in [0.25, 0.3) is 0 Å². The van der Waals surface area contributed by atoms with E-state index in [2.05, 4.69) is 0 Å². The molecule has 4 nitrogen and oxygen atoms in total. The van der Waals surface area contributed by atoms with E-state index >= 15 is 0 Å². The zero-order chi connectivity index (χ0) is 14.1. The first-order valence-electron chi connectivity index (χ1n) is 6.12. The van der Waals surface area contributed by atoms with Crippen LogP contribution >= 0.6 is 0 Å². The second kappa shape index (κ2) is 5.13. The normalized spacial score (nSPS) is 24.9. The Labute approximate surface area is 108 Å². The van der Waals surface area contributed by atoms with E-state index in [-0.39, 0.29) is 6.08 Å². The SMILES string of the molecule is O=C(/C=C(\O)C1CCC2(CC1)OCCO2)C(F)(F)F. The van der Waals surface area contributed by atoms with Gasteiger partial charge in [0.1, 0.15) is 0 Å². The van der Waals surface area contributed by atoms with Crippen LogP contribution in [0.3, 0.4) is 0 Å². The van der Waals surface area contributed by atoms with E-state index in [1.54, 1.807) is 0 Å². The van der Waals surface area contributed by atoms with Gasteiger partial charge in [-0.3, -0.25) is 4.79 Å². The molecule has 2 aliphatic rings. The Balaban J connectivity index is 1.94. The topological polar surface area (TPSA) is 55.8 Å². The number of ketones is 1. The van der Waals surface area contributed by atoms with Crippen LogP contribution in [0.5, 0.6) is 0 Å². The first-order chi connectivity index (χ1) is 8.82. The second-order valence-corrected chi connectivity index (χ2v) is 4.81. The standard InChI is InChI=1S/C12H15F3O4/c13-12(14,15)10(17)7-9(16)8-1-3-11(4-2-8)18-5-6-19-11/h7-8,16H,1-6H2/b9-7-. The van der Waals surface area contributed by atoms with Crippen LogP contribution in [-0.2, 0) is 14.3 Å². The molecule has 0 aromatic heterocycles. The number of allylic oxidation sites excluding steroid dienone is 2. The highest BCUT2D eigenvalue weighted by Crippen LogP contribution is 2.40. The van der Waals surface area contributed by atoms with Gasteiger partial charge in [0.25, 0.3) is 5.78 Å². The number of ether oxygens (including phenoxy) is 2. The summed E-state index contributed by atoms with van der Waals surface area (Å²) < 4.78 is 47.2. The van der Waals surface area contributed by atoms with E-state index in [0.717, 1.165) is 0 Å². The molecule has 7 heteroatoms. The smallest absolute Gasteiger partial charge is 0.454 e. The van der Waals surface area contributed by atoms with Crippen LogP contribution in [0.2, 0.25) is 0 Å². The molecule has 2 rings (SSSR count). The van der Waals surface area contributed by atoms with Crippen molar-refractivity contribution in [2.45, 2.75) is 37.6 Å². The van der Waals surface area contributed by atoms with Gasteiger partial charge in [0, 0.05) is 24.8 Å². The monoisotopic (exact) mass is 280 g/mol. The number of hydrogen-bond donors (Lipinski definition) is 1. The zero-order valence-electron chi connectivity index (χ0n) is 10.2. The van der Waals surface area contributed by atoms with Crippen LogP contribution in [-0.4, -0.2) is 36.1 Å². The lowest BCUT2D eigenvalue weighted by molar-refractivity contribution is -0.182. The molecule has 0 unspecified atom stereocenters. The van der Waals surface area contributed by atoms with E-state index in [1.165, 1.54) is 0 Å². The third-order valence-corrected chi connectivity index (χ3v) is 3.54. The molecule has 1 spiro atoms. The summed E-state index contributed by atoms with van der Waals surface area (Å²) in [5, 5.41) is 9.60. The predicted octanol–water partition coefficient (Wildman–Crippen LogP) is 2.49. The summed E-state index contributed by atoms with van der Waals surface area (Å²) in [5.74, 6) is -3.61. The van der Waals surface area contributed by atoms with Crippen molar-refractivity contribution in [2.24, 2.45) is 5.92 Å². The van der Waals surface area contributed by atoms with Crippen molar-refractivity contribution in [3.63, 3.8) is 0 Å². The molecule has 2 fully saturated rings. The quantitative estimate of drug-likeness (QED) is 0.623. The summed E-state index contributed by atoms with van der Waals surface area (Å²) in [7, 11) is 0. The molecule has 1 N–H and O–H groups in total.